The first-order valence-electron chi connectivity index (χ1n) is 27.2. The van der Waals surface area contributed by atoms with Crippen LogP contribution < -0.4 is 0 Å². The van der Waals surface area contributed by atoms with E-state index in [1.807, 2.05) is 13.1 Å². The second-order valence-corrected chi connectivity index (χ2v) is 267. The highest BCUT2D eigenvalue weighted by atomic mass is 30.2. The maximum atomic E-state index is 13.5. The second-order valence-electron chi connectivity index (χ2n) is 20.5. The summed E-state index contributed by atoms with van der Waals surface area (Å²) >= 11 is 0. The van der Waals surface area contributed by atoms with Crippen molar-refractivity contribution in [2.45, 2.75) is 39.3 Å². The van der Waals surface area contributed by atoms with E-state index in [0.29, 0.717) is 13.1 Å². The van der Waals surface area contributed by atoms with Gasteiger partial charge in [-0.25, -0.2) is 0 Å². The van der Waals surface area contributed by atoms with Crippen LogP contribution in [0.4, 0.5) is 0 Å². The minimum absolute atomic E-state index is 0.386. The molecule has 0 heterocycles. The van der Waals surface area contributed by atoms with E-state index in [-0.39, 0.29) is 8.80 Å². The van der Waals surface area contributed by atoms with Crippen LogP contribution >= 0.6 is 0 Å². The highest BCUT2D eigenvalue weighted by Crippen LogP contribution is 2.05. The normalized spacial score (nSPS) is 9.84. The van der Waals surface area contributed by atoms with Crippen molar-refractivity contribution in [3.05, 3.63) is 24.6 Å². The van der Waals surface area contributed by atoms with Gasteiger partial charge in [0.25, 0.3) is 0 Å². The number of hydrogen-bond acceptors (Lipinski definition) is 51. The molecule has 0 spiro atoms. The molecule has 103 heteroatoms. The molecule has 0 saturated heterocycles. The Balaban J connectivity index is -0.00000387. The fourth-order valence-electron chi connectivity index (χ4n) is 5.13. The average Bonchev–Trinajstić information content (AvgIpc) is 0.789. The molecule has 51 nitrogen and oxygen atoms in total. The number of rotatable bonds is 50. The molecular formula is C10H28O51Si52. The Labute approximate surface area is 689 Å². The highest BCUT2D eigenvalue weighted by molar-refractivity contribution is 7.89. The van der Waals surface area contributed by atoms with E-state index in [9.17, 15) is 214 Å². The third-order valence-corrected chi connectivity index (χ3v) is 400. The Hall–Kier alpha value is 0.718. The van der Waals surface area contributed by atoms with Crippen LogP contribution in [0.2, 0.25) is 39.3 Å². The Morgan fingerprint density at radius 1 is 0.239 bits per heavy atom. The smallest absolute Gasteiger partial charge is 0.428 e. The molecule has 113 heavy (non-hydrogen) atoms. The Bertz CT molecular complexity index is 4760. The van der Waals surface area contributed by atoms with Gasteiger partial charge in [0.1, 0.15) is 0 Å². The van der Waals surface area contributed by atoms with Crippen molar-refractivity contribution in [3.63, 3.8) is 0 Å². The van der Waals surface area contributed by atoms with Crippen LogP contribution in [-0.4, -0.2) is 411 Å². The van der Waals surface area contributed by atoms with Crippen molar-refractivity contribution < 1.29 is 228 Å². The van der Waals surface area contributed by atoms with Crippen LogP contribution in [0.3, 0.4) is 0 Å². The molecule has 0 amide bonds. The van der Waals surface area contributed by atoms with E-state index in [0.717, 1.165) is 0 Å². The maximum Gasteiger partial charge on any atom is 0.549 e. The molecule has 0 aromatic rings. The van der Waals surface area contributed by atoms with Gasteiger partial charge in [-0.3, -0.25) is 8.92 Å². The van der Waals surface area contributed by atoms with E-state index in [1.165, 1.54) is 0 Å². The minimum atomic E-state index is -4.85. The molecule has 0 bridgehead atoms. The van der Waals surface area contributed by atoms with Gasteiger partial charge in [0.15, 0.2) is 7.11 Å². The molecule has 582 valence electrons. The van der Waals surface area contributed by atoms with E-state index in [1.54, 1.807) is 5.70 Å². The third kappa shape index (κ3) is 35.3. The minimum Gasteiger partial charge on any atom is -0.428 e. The lowest BCUT2D eigenvalue weighted by atomic mass is 11.3. The fraction of sp³-hybridized carbons (Fsp3) is 0.600. The van der Waals surface area contributed by atoms with Gasteiger partial charge < -0.3 is 219 Å². The van der Waals surface area contributed by atoms with Crippen LogP contribution in [-0.2, 0) is 223 Å². The van der Waals surface area contributed by atoms with Crippen molar-refractivity contribution in [2.75, 3.05) is 0 Å². The van der Waals surface area contributed by atoms with E-state index < -0.39 is 398 Å². The summed E-state index contributed by atoms with van der Waals surface area (Å²) < 4.78 is 622. The monoisotopic (exact) mass is 2420 g/mol. The summed E-state index contributed by atoms with van der Waals surface area (Å²) in [5.41, 5.74) is 3.69. The lowest BCUT2D eigenvalue weighted by Gasteiger charge is -2.12. The van der Waals surface area contributed by atoms with Crippen molar-refractivity contribution in [1.29, 1.82) is 0 Å². The molecule has 0 rings (SSSR count). The SMILES string of the molecule is C=C[SiH](C)C.C=C[Si](C)(C)O.C[Si](C)([Si](=O)[Si](=O)[Si](=O)[Si](=O)[Si](=O)[Si](=O)[Si](=O)[Si](=O)[Si](=O)[Si](=O)[Si](=O)[Si](=O)[Si](=O)[Si](=O)[Si](=O)[Si](=O)[Si](=O)[Si](=O)[Si](=O)[Si](=O)[Si](=O)[Si](=O)[Si](=O)[SiH]=O)[Si](=O)[Si](=O)[Si](=O)[Si](=O)[Si](=O)[Si](=O)[Si](=O)[Si](=O)[Si](=O)[Si](=O)[Si](=O)[Si](=O)[Si](=O)[Si](=O)[Si](=O)[Si](=O)[Si](=O)[Si](=O)[Si](=O)[Si](=O)[Si](=O)[Si](=O)[Si](=O)[SiH]=O.O=[Si]=O. The lowest BCUT2D eigenvalue weighted by molar-refractivity contribution is 0.497. The first-order chi connectivity index (χ1) is 51.3. The Morgan fingerprint density at radius 3 is 0.389 bits per heavy atom. The summed E-state index contributed by atoms with van der Waals surface area (Å²) in [4.78, 5) is 8.85. The Morgan fingerprint density at radius 2 is 0.319 bits per heavy atom. The molecule has 0 saturated carbocycles. The van der Waals surface area contributed by atoms with Crippen molar-refractivity contribution in [3.8, 4) is 0 Å². The molecular weight excluding hydrogens is 2400 g/mol. The summed E-state index contributed by atoms with van der Waals surface area (Å²) in [5, 5.41) is 0. The fourth-order valence-corrected chi connectivity index (χ4v) is 583. The van der Waals surface area contributed by atoms with Gasteiger partial charge in [0.2, 0.25) is 8.32 Å². The summed E-state index contributed by atoms with van der Waals surface area (Å²) in [7, 11) is -225. The quantitative estimate of drug-likeness (QED) is 0.0553. The summed E-state index contributed by atoms with van der Waals surface area (Å²) in [6, 6.07) is 0. The van der Waals surface area contributed by atoms with Crippen LogP contribution in [0.25, 0.3) is 0 Å². The molecule has 0 atom stereocenters. The molecule has 0 aromatic carbocycles. The summed E-state index contributed by atoms with van der Waals surface area (Å²) in [5.74, 6) is 0. The first kappa shape index (κ1) is 120. The van der Waals surface area contributed by atoms with Crippen LogP contribution in [0.15, 0.2) is 24.6 Å². The van der Waals surface area contributed by atoms with Crippen LogP contribution in [0, 0.1) is 0 Å². The van der Waals surface area contributed by atoms with Gasteiger partial charge in [-0.1, -0.05) is 31.9 Å². The zero-order chi connectivity index (χ0) is 90.7. The molecule has 0 aromatic heterocycles. The van der Waals surface area contributed by atoms with Gasteiger partial charge in [-0.2, -0.15) is 0 Å². The summed E-state index contributed by atoms with van der Waals surface area (Å²) in [6.45, 7) is 16.4. The standard InChI is InChI=1S/C4H10OSi.C4H10Si.C2H8O48Si49.O2Si/c1-4-6(2,3)5;1-4-5(2)3;1-99(2,97(49)95(47)93(45)91(43)89(41)87(39)85(37)83(35)81(33)79(31)77(29)75(27)73(25)71(23)69(21)67(19)65(17)63(15)61(13)59(11)57(9)55(7)53(5)51-3)98(50)96(48)94(46)92(44)90(42)88(40)86(38)84(36)82(34)80(32)78(30)76(28)74(26)72(24)70(22)68(20)66(18)64(16)62(14)60(12)58(10)56(8)54(6)52-4;1-3-2/h4-5H,1H2,2-3H3;4-5H,1H2,2-3H3;51-52H,1-2H3;. The largest absolute Gasteiger partial charge is 0.549 e. The predicted octanol–water partition coefficient (Wildman–Crippen LogP) is -22.2. The maximum absolute atomic E-state index is 13.5. The molecule has 0 unspecified atom stereocenters. The van der Waals surface area contributed by atoms with Crippen molar-refractivity contribution in [1.82, 2.24) is 0 Å². The molecule has 0 aliphatic rings. The average molecular weight is 2420 g/mol. The summed E-state index contributed by atoms with van der Waals surface area (Å²) in [6.07, 6.45) is 0. The van der Waals surface area contributed by atoms with E-state index in [4.69, 9.17) is 13.7 Å². The van der Waals surface area contributed by atoms with Gasteiger partial charge in [-0.15, -0.1) is 18.9 Å². The highest BCUT2D eigenvalue weighted by Gasteiger charge is 2.62. The van der Waals surface area contributed by atoms with Gasteiger partial charge in [-0.05, 0) is 13.1 Å². The van der Waals surface area contributed by atoms with Gasteiger partial charge >= 0.3 is 382 Å². The molecule has 0 aliphatic heterocycles. The van der Waals surface area contributed by atoms with Crippen molar-refractivity contribution >= 4 is 406 Å². The van der Waals surface area contributed by atoms with Crippen molar-refractivity contribution in [2.24, 2.45) is 0 Å². The predicted molar refractivity (Wildman–Crippen MR) is 396 cm³/mol. The topological polar surface area (TPSA) is 874 Å². The zero-order valence-corrected chi connectivity index (χ0v) is 108. The first-order valence-corrected chi connectivity index (χ1v) is 152. The zero-order valence-electron chi connectivity index (χ0n) is 55.7. The van der Waals surface area contributed by atoms with Crippen LogP contribution in [0.1, 0.15) is 0 Å². The van der Waals surface area contributed by atoms with Crippen LogP contribution in [0.5, 0.6) is 0 Å². The Kier molecular flexibility index (Phi) is 59.3. The second kappa shape index (κ2) is 55.8. The molecule has 0 fully saturated rings. The third-order valence-electron chi connectivity index (χ3n) is 11.4. The molecule has 1 N–H and O–H groups in total. The van der Waals surface area contributed by atoms with Gasteiger partial charge in [0.05, 0.1) is 8.80 Å². The van der Waals surface area contributed by atoms with Gasteiger partial charge in [0, 0.05) is 0 Å². The number of hydrogen-bond donors (Lipinski definition) is 1. The van der Waals surface area contributed by atoms with E-state index >= 15 is 0 Å². The molecule has 0 aliphatic carbocycles. The van der Waals surface area contributed by atoms with E-state index in [2.05, 4.69) is 32.0 Å². The molecule has 0 radical (unpaired) electrons. The lowest BCUT2D eigenvalue weighted by Crippen LogP contribution is -2.64.